The molecule has 1 heterocycles. The lowest BCUT2D eigenvalue weighted by Gasteiger charge is -2.04. The van der Waals surface area contributed by atoms with Crippen molar-refractivity contribution < 1.29 is 4.79 Å². The molecular weight excluding hydrogens is 293 g/mol. The van der Waals surface area contributed by atoms with Crippen LogP contribution in [0, 0.1) is 10.5 Å². The Hall–Kier alpha value is -0.590. The van der Waals surface area contributed by atoms with E-state index in [-0.39, 0.29) is 5.91 Å². The summed E-state index contributed by atoms with van der Waals surface area (Å²) in [5.41, 5.74) is 1.12. The van der Waals surface area contributed by atoms with E-state index in [0.29, 0.717) is 19.5 Å². The third-order valence-electron chi connectivity index (χ3n) is 1.97. The summed E-state index contributed by atoms with van der Waals surface area (Å²) in [4.78, 5) is 11.2. The average Bonchev–Trinajstić information content (AvgIpc) is 2.46. The normalized spacial score (nSPS) is 10.2. The molecule has 0 bridgehead atoms. The fourth-order valence-electron chi connectivity index (χ4n) is 1.14. The maximum absolute atomic E-state index is 11.2. The molecule has 0 fully saturated rings. The van der Waals surface area contributed by atoms with Crippen LogP contribution in [0.2, 0.25) is 0 Å². The van der Waals surface area contributed by atoms with E-state index in [2.05, 4.69) is 33.0 Å². The van der Waals surface area contributed by atoms with Gasteiger partial charge in [-0.3, -0.25) is 9.48 Å². The predicted octanol–water partition coefficient (Wildman–Crippen LogP) is 1.32. The molecule has 5 heteroatoms. The van der Waals surface area contributed by atoms with Gasteiger partial charge in [0.1, 0.15) is 0 Å². The zero-order chi connectivity index (χ0) is 10.6. The van der Waals surface area contributed by atoms with Crippen molar-refractivity contribution in [2.24, 2.45) is 0 Å². The summed E-state index contributed by atoms with van der Waals surface area (Å²) in [6.45, 7) is 5.27. The fourth-order valence-corrected chi connectivity index (χ4v) is 1.55. The summed E-state index contributed by atoms with van der Waals surface area (Å²) in [6, 6.07) is 0. The molecule has 78 valence electrons. The number of hydrogen-bond donors (Lipinski definition) is 1. The molecule has 4 nitrogen and oxygen atoms in total. The van der Waals surface area contributed by atoms with Crippen LogP contribution >= 0.6 is 22.6 Å². The maximum Gasteiger partial charge on any atom is 0.221 e. The lowest BCUT2D eigenvalue weighted by atomic mass is 10.4. The van der Waals surface area contributed by atoms with Crippen LogP contribution < -0.4 is 5.32 Å². The van der Waals surface area contributed by atoms with Crippen LogP contribution in [0.5, 0.6) is 0 Å². The molecule has 0 aliphatic carbocycles. The molecule has 0 saturated carbocycles. The lowest BCUT2D eigenvalue weighted by molar-refractivity contribution is -0.121. The minimum Gasteiger partial charge on any atom is -0.356 e. The topological polar surface area (TPSA) is 46.9 Å². The summed E-state index contributed by atoms with van der Waals surface area (Å²) < 4.78 is 3.00. The standard InChI is InChI=1S/C9H14IN3O/c1-3-11-9(14)4-5-13-7(2)8(10)6-12-13/h6H,3-5H2,1-2H3,(H,11,14). The molecule has 0 atom stereocenters. The van der Waals surface area contributed by atoms with E-state index < -0.39 is 0 Å². The number of carbonyl (C=O) groups is 1. The number of rotatable bonds is 4. The molecule has 14 heavy (non-hydrogen) atoms. The van der Waals surface area contributed by atoms with Crippen molar-refractivity contribution in [3.05, 3.63) is 15.5 Å². The Morgan fingerprint density at radius 3 is 2.93 bits per heavy atom. The minimum absolute atomic E-state index is 0.0809. The average molecular weight is 307 g/mol. The zero-order valence-electron chi connectivity index (χ0n) is 8.38. The molecule has 1 aromatic rings. The highest BCUT2D eigenvalue weighted by molar-refractivity contribution is 14.1. The second-order valence-electron chi connectivity index (χ2n) is 3.00. The Balaban J connectivity index is 2.46. The third-order valence-corrected chi connectivity index (χ3v) is 3.03. The number of nitrogens with zero attached hydrogens (tertiary/aromatic N) is 2. The van der Waals surface area contributed by atoms with Gasteiger partial charge < -0.3 is 5.32 Å². The van der Waals surface area contributed by atoms with Crippen LogP contribution in [0.4, 0.5) is 0 Å². The van der Waals surface area contributed by atoms with Crippen molar-refractivity contribution in [3.63, 3.8) is 0 Å². The minimum atomic E-state index is 0.0809. The van der Waals surface area contributed by atoms with Gasteiger partial charge in [0.2, 0.25) is 5.91 Å². The van der Waals surface area contributed by atoms with Crippen LogP contribution in [0.25, 0.3) is 0 Å². The van der Waals surface area contributed by atoms with E-state index in [4.69, 9.17) is 0 Å². The molecular formula is C9H14IN3O. The van der Waals surface area contributed by atoms with Crippen molar-refractivity contribution in [1.82, 2.24) is 15.1 Å². The van der Waals surface area contributed by atoms with Gasteiger partial charge in [0.25, 0.3) is 0 Å². The van der Waals surface area contributed by atoms with Crippen molar-refractivity contribution in [2.45, 2.75) is 26.8 Å². The monoisotopic (exact) mass is 307 g/mol. The molecule has 1 amide bonds. The third kappa shape index (κ3) is 2.97. The molecule has 0 radical (unpaired) electrons. The molecule has 0 saturated heterocycles. The second-order valence-corrected chi connectivity index (χ2v) is 4.17. The molecule has 1 rings (SSSR count). The van der Waals surface area contributed by atoms with E-state index in [1.165, 1.54) is 0 Å². The van der Waals surface area contributed by atoms with Gasteiger partial charge in [0.15, 0.2) is 0 Å². The first-order valence-electron chi connectivity index (χ1n) is 4.59. The van der Waals surface area contributed by atoms with Crippen LogP contribution in [-0.4, -0.2) is 22.2 Å². The number of hydrogen-bond acceptors (Lipinski definition) is 2. The van der Waals surface area contributed by atoms with E-state index in [0.717, 1.165) is 9.26 Å². The SMILES string of the molecule is CCNC(=O)CCn1ncc(I)c1C. The second kappa shape index (κ2) is 5.33. The van der Waals surface area contributed by atoms with E-state index in [1.54, 1.807) is 0 Å². The number of aromatic nitrogens is 2. The first kappa shape index (κ1) is 11.5. The quantitative estimate of drug-likeness (QED) is 0.853. The molecule has 0 unspecified atom stereocenters. The van der Waals surface area contributed by atoms with Gasteiger partial charge in [-0.1, -0.05) is 0 Å². The zero-order valence-corrected chi connectivity index (χ0v) is 10.5. The van der Waals surface area contributed by atoms with Crippen molar-refractivity contribution >= 4 is 28.5 Å². The van der Waals surface area contributed by atoms with Gasteiger partial charge in [-0.15, -0.1) is 0 Å². The van der Waals surface area contributed by atoms with Crippen molar-refractivity contribution in [2.75, 3.05) is 6.54 Å². The molecule has 0 aliphatic heterocycles. The van der Waals surface area contributed by atoms with Gasteiger partial charge in [-0.25, -0.2) is 0 Å². The van der Waals surface area contributed by atoms with E-state index in [1.807, 2.05) is 24.7 Å². The highest BCUT2D eigenvalue weighted by Crippen LogP contribution is 2.09. The number of halogens is 1. The molecule has 0 aliphatic rings. The van der Waals surface area contributed by atoms with Crippen LogP contribution in [0.1, 0.15) is 19.0 Å². The van der Waals surface area contributed by atoms with E-state index in [9.17, 15) is 4.79 Å². The Labute approximate surface area is 97.2 Å². The lowest BCUT2D eigenvalue weighted by Crippen LogP contribution is -2.24. The molecule has 0 spiro atoms. The van der Waals surface area contributed by atoms with E-state index >= 15 is 0 Å². The first-order chi connectivity index (χ1) is 6.65. The summed E-state index contributed by atoms with van der Waals surface area (Å²) in [5.74, 6) is 0.0809. The van der Waals surface area contributed by atoms with Gasteiger partial charge in [0, 0.05) is 25.2 Å². The number of nitrogens with one attached hydrogen (secondary N) is 1. The highest BCUT2D eigenvalue weighted by Gasteiger charge is 2.05. The fraction of sp³-hybridized carbons (Fsp3) is 0.556. The smallest absolute Gasteiger partial charge is 0.221 e. The summed E-state index contributed by atoms with van der Waals surface area (Å²) in [5, 5.41) is 6.94. The van der Waals surface area contributed by atoms with Gasteiger partial charge >= 0.3 is 0 Å². The van der Waals surface area contributed by atoms with Crippen molar-refractivity contribution in [1.29, 1.82) is 0 Å². The van der Waals surface area contributed by atoms with Crippen LogP contribution in [0.15, 0.2) is 6.20 Å². The Bertz CT molecular complexity index is 322. The molecule has 1 N–H and O–H groups in total. The number of amides is 1. The Morgan fingerprint density at radius 2 is 2.43 bits per heavy atom. The summed E-state index contributed by atoms with van der Waals surface area (Å²) >= 11 is 2.23. The Morgan fingerprint density at radius 1 is 1.71 bits per heavy atom. The number of aryl methyl sites for hydroxylation is 1. The first-order valence-corrected chi connectivity index (χ1v) is 5.67. The maximum atomic E-state index is 11.2. The van der Waals surface area contributed by atoms with Gasteiger partial charge in [-0.2, -0.15) is 5.10 Å². The summed E-state index contributed by atoms with van der Waals surface area (Å²) in [6.07, 6.45) is 2.31. The molecule has 1 aromatic heterocycles. The van der Waals surface area contributed by atoms with Gasteiger partial charge in [0.05, 0.1) is 9.77 Å². The Kier molecular flexibility index (Phi) is 4.37. The van der Waals surface area contributed by atoms with Crippen LogP contribution in [0.3, 0.4) is 0 Å². The van der Waals surface area contributed by atoms with Crippen molar-refractivity contribution in [3.8, 4) is 0 Å². The largest absolute Gasteiger partial charge is 0.356 e. The predicted molar refractivity (Wildman–Crippen MR) is 63.0 cm³/mol. The number of carbonyl (C=O) groups excluding carboxylic acids is 1. The summed E-state index contributed by atoms with van der Waals surface area (Å²) in [7, 11) is 0. The van der Waals surface area contributed by atoms with Crippen LogP contribution in [-0.2, 0) is 11.3 Å². The molecule has 0 aromatic carbocycles. The van der Waals surface area contributed by atoms with Gasteiger partial charge in [-0.05, 0) is 36.4 Å². The highest BCUT2D eigenvalue weighted by atomic mass is 127.